The lowest BCUT2D eigenvalue weighted by Gasteiger charge is -2.31. The number of nitrogens with zero attached hydrogens (tertiary/aromatic N) is 1. The lowest BCUT2D eigenvalue weighted by Crippen LogP contribution is -2.42. The number of piperidine rings is 1. The van der Waals surface area contributed by atoms with E-state index in [4.69, 9.17) is 0 Å². The van der Waals surface area contributed by atoms with Gasteiger partial charge in [-0.3, -0.25) is 9.59 Å². The van der Waals surface area contributed by atoms with Crippen LogP contribution >= 0.6 is 0 Å². The normalized spacial score (nSPS) is 16.8. The van der Waals surface area contributed by atoms with Gasteiger partial charge in [-0.15, -0.1) is 0 Å². The lowest BCUT2D eigenvalue weighted by molar-refractivity contribution is -0.129. The predicted octanol–water partition coefficient (Wildman–Crippen LogP) is 4.11. The highest BCUT2D eigenvalue weighted by atomic mass is 16.1. The number of hydrogen-bond donors (Lipinski definition) is 0. The van der Waals surface area contributed by atoms with E-state index in [0.29, 0.717) is 19.4 Å². The van der Waals surface area contributed by atoms with Crippen molar-refractivity contribution in [2.24, 2.45) is 0 Å². The van der Waals surface area contributed by atoms with Crippen molar-refractivity contribution >= 4 is 12.2 Å². The molecular formula is C22H27NO2. The van der Waals surface area contributed by atoms with Gasteiger partial charge in [0.2, 0.25) is 6.41 Å². The zero-order valence-electron chi connectivity index (χ0n) is 15.2. The number of ketones is 1. The summed E-state index contributed by atoms with van der Waals surface area (Å²) >= 11 is 0. The van der Waals surface area contributed by atoms with E-state index in [1.165, 1.54) is 16.7 Å². The fraction of sp³-hybridized carbons (Fsp3) is 0.364. The fourth-order valence-corrected chi connectivity index (χ4v) is 3.11. The van der Waals surface area contributed by atoms with Crippen molar-refractivity contribution in [3.63, 3.8) is 0 Å². The van der Waals surface area contributed by atoms with Crippen LogP contribution in [0.25, 0.3) is 0 Å². The van der Waals surface area contributed by atoms with Crippen LogP contribution in [0.5, 0.6) is 0 Å². The summed E-state index contributed by atoms with van der Waals surface area (Å²) in [5.74, 6) is 0.279. The van der Waals surface area contributed by atoms with Crippen molar-refractivity contribution in [3.8, 4) is 0 Å². The van der Waals surface area contributed by atoms with E-state index in [2.05, 4.69) is 50.2 Å². The smallest absolute Gasteiger partial charge is 0.209 e. The van der Waals surface area contributed by atoms with Crippen molar-refractivity contribution in [3.05, 3.63) is 71.3 Å². The first-order valence-corrected chi connectivity index (χ1v) is 8.88. The molecule has 1 unspecified atom stereocenters. The highest BCUT2D eigenvalue weighted by molar-refractivity contribution is 5.80. The largest absolute Gasteiger partial charge is 0.341 e. The average molecular weight is 337 g/mol. The van der Waals surface area contributed by atoms with Crippen LogP contribution < -0.4 is 0 Å². The van der Waals surface area contributed by atoms with Gasteiger partial charge in [0, 0.05) is 25.4 Å². The van der Waals surface area contributed by atoms with Gasteiger partial charge in [0.15, 0.2) is 0 Å². The summed E-state index contributed by atoms with van der Waals surface area (Å²) in [4.78, 5) is 24.1. The molecule has 1 heterocycles. The molecule has 3 nitrogen and oxygen atoms in total. The van der Waals surface area contributed by atoms with Crippen molar-refractivity contribution in [1.82, 2.24) is 4.90 Å². The van der Waals surface area contributed by atoms with Crippen LogP contribution in [-0.4, -0.2) is 29.7 Å². The Morgan fingerprint density at radius 1 is 1.04 bits per heavy atom. The van der Waals surface area contributed by atoms with E-state index in [1.54, 1.807) is 4.90 Å². The van der Waals surface area contributed by atoms with Gasteiger partial charge in [0.05, 0.1) is 0 Å². The Hall–Kier alpha value is -2.42. The molecular weight excluding hydrogens is 310 g/mol. The zero-order chi connectivity index (χ0) is 18.1. The third-order valence-electron chi connectivity index (χ3n) is 4.50. The maximum Gasteiger partial charge on any atom is 0.209 e. The van der Waals surface area contributed by atoms with Crippen LogP contribution in [0.4, 0.5) is 0 Å². The molecule has 0 aromatic heterocycles. The van der Waals surface area contributed by atoms with Crippen LogP contribution in [0.15, 0.2) is 54.6 Å². The molecule has 1 aliphatic heterocycles. The van der Waals surface area contributed by atoms with Crippen LogP contribution in [0, 0.1) is 13.8 Å². The average Bonchev–Trinajstić information content (AvgIpc) is 2.61. The molecule has 25 heavy (non-hydrogen) atoms. The van der Waals surface area contributed by atoms with E-state index in [-0.39, 0.29) is 11.8 Å². The second kappa shape index (κ2) is 9.77. The topological polar surface area (TPSA) is 37.4 Å². The monoisotopic (exact) mass is 337 g/mol. The van der Waals surface area contributed by atoms with Gasteiger partial charge >= 0.3 is 0 Å². The number of carbonyl (C=O) groups excluding carboxylic acids is 2. The molecule has 3 rings (SSSR count). The first-order valence-electron chi connectivity index (χ1n) is 8.88. The summed E-state index contributed by atoms with van der Waals surface area (Å²) in [6.07, 6.45) is 3.70. The number of amides is 1. The van der Waals surface area contributed by atoms with Crippen molar-refractivity contribution in [1.29, 1.82) is 0 Å². The SMILES string of the molecule is Cc1cccc(C)c1.O=CN1CCC(=O)CC1CCc1ccccc1. The molecule has 1 saturated heterocycles. The van der Waals surface area contributed by atoms with Gasteiger partial charge in [-0.05, 0) is 32.3 Å². The zero-order valence-corrected chi connectivity index (χ0v) is 15.2. The Labute approximate surface area is 150 Å². The summed E-state index contributed by atoms with van der Waals surface area (Å²) in [6, 6.07) is 18.7. The summed E-state index contributed by atoms with van der Waals surface area (Å²) in [6.45, 7) is 4.79. The van der Waals surface area contributed by atoms with Crippen LogP contribution in [0.1, 0.15) is 36.0 Å². The molecule has 0 spiro atoms. The maximum atomic E-state index is 11.4. The molecule has 1 aliphatic rings. The molecule has 2 aromatic carbocycles. The Balaban J connectivity index is 0.000000236. The molecule has 0 saturated carbocycles. The molecule has 2 aromatic rings. The molecule has 1 amide bonds. The van der Waals surface area contributed by atoms with Gasteiger partial charge in [-0.25, -0.2) is 0 Å². The standard InChI is InChI=1S/C14H17NO2.C8H10/c16-11-15-9-8-14(17)10-13(15)7-6-12-4-2-1-3-5-12;1-7-4-3-5-8(2)6-7/h1-5,11,13H,6-10H2;3-6H,1-2H3. The third-order valence-corrected chi connectivity index (χ3v) is 4.50. The molecule has 0 bridgehead atoms. The summed E-state index contributed by atoms with van der Waals surface area (Å²) in [7, 11) is 0. The summed E-state index contributed by atoms with van der Waals surface area (Å²) in [5.41, 5.74) is 3.94. The van der Waals surface area contributed by atoms with Crippen molar-refractivity contribution < 1.29 is 9.59 Å². The van der Waals surface area contributed by atoms with E-state index in [9.17, 15) is 9.59 Å². The third kappa shape index (κ3) is 6.54. The van der Waals surface area contributed by atoms with Gasteiger partial charge in [-0.1, -0.05) is 65.7 Å². The molecule has 1 atom stereocenters. The number of carbonyl (C=O) groups is 2. The maximum absolute atomic E-state index is 11.4. The molecule has 0 N–H and O–H groups in total. The second-order valence-electron chi connectivity index (χ2n) is 6.67. The number of likely N-dealkylation sites (tertiary alicyclic amines) is 1. The minimum atomic E-state index is 0.0916. The van der Waals surface area contributed by atoms with E-state index < -0.39 is 0 Å². The Morgan fingerprint density at radius 2 is 1.72 bits per heavy atom. The Bertz CT molecular complexity index is 664. The van der Waals surface area contributed by atoms with E-state index in [1.807, 2.05) is 18.2 Å². The number of hydrogen-bond acceptors (Lipinski definition) is 2. The quantitative estimate of drug-likeness (QED) is 0.787. The number of rotatable bonds is 4. The van der Waals surface area contributed by atoms with Crippen LogP contribution in [0.2, 0.25) is 0 Å². The number of benzene rings is 2. The fourth-order valence-electron chi connectivity index (χ4n) is 3.11. The van der Waals surface area contributed by atoms with Crippen molar-refractivity contribution in [2.75, 3.05) is 6.54 Å². The Morgan fingerprint density at radius 3 is 2.28 bits per heavy atom. The number of aryl methyl sites for hydroxylation is 3. The highest BCUT2D eigenvalue weighted by Gasteiger charge is 2.25. The lowest BCUT2D eigenvalue weighted by atomic mass is 9.95. The minimum Gasteiger partial charge on any atom is -0.341 e. The predicted molar refractivity (Wildman–Crippen MR) is 101 cm³/mol. The van der Waals surface area contributed by atoms with E-state index in [0.717, 1.165) is 19.3 Å². The van der Waals surface area contributed by atoms with Crippen molar-refractivity contribution in [2.45, 2.75) is 45.6 Å². The van der Waals surface area contributed by atoms with Gasteiger partial charge in [0.1, 0.15) is 5.78 Å². The van der Waals surface area contributed by atoms with Crippen LogP contribution in [-0.2, 0) is 16.0 Å². The van der Waals surface area contributed by atoms with Crippen LogP contribution in [0.3, 0.4) is 0 Å². The molecule has 1 fully saturated rings. The molecule has 132 valence electrons. The minimum absolute atomic E-state index is 0.0916. The summed E-state index contributed by atoms with van der Waals surface area (Å²) < 4.78 is 0. The highest BCUT2D eigenvalue weighted by Crippen LogP contribution is 2.17. The second-order valence-corrected chi connectivity index (χ2v) is 6.67. The van der Waals surface area contributed by atoms with Gasteiger partial charge in [0.25, 0.3) is 0 Å². The van der Waals surface area contributed by atoms with Gasteiger partial charge in [-0.2, -0.15) is 0 Å². The molecule has 0 aliphatic carbocycles. The molecule has 0 radical (unpaired) electrons. The van der Waals surface area contributed by atoms with Gasteiger partial charge < -0.3 is 4.90 Å². The number of Topliss-reactive ketones (excluding diaryl/α,β-unsaturated/α-hetero) is 1. The Kier molecular flexibility index (Phi) is 7.39. The first kappa shape index (κ1) is 18.9. The first-order chi connectivity index (χ1) is 12.1. The van der Waals surface area contributed by atoms with E-state index >= 15 is 0 Å². The molecule has 3 heteroatoms. The summed E-state index contributed by atoms with van der Waals surface area (Å²) in [5, 5.41) is 0.